The number of aliphatic hydroxyl groups is 3. The number of rotatable bonds is 6. The fourth-order valence-electron chi connectivity index (χ4n) is 6.79. The second-order valence-electron chi connectivity index (χ2n) is 12.1. The van der Waals surface area contributed by atoms with Crippen molar-refractivity contribution < 1.29 is 48.0 Å². The summed E-state index contributed by atoms with van der Waals surface area (Å²) in [6, 6.07) is -0.462. The minimum atomic E-state index is -4.90. The average Bonchev–Trinajstić information content (AvgIpc) is 2.84. The first-order valence-corrected chi connectivity index (χ1v) is 13.6. The molecule has 0 saturated heterocycles. The van der Waals surface area contributed by atoms with E-state index in [9.17, 15) is 48.0 Å². The number of hydrogen-bond acceptors (Lipinski definition) is 9. The lowest BCUT2D eigenvalue weighted by molar-refractivity contribution is -0.148. The van der Waals surface area contributed by atoms with Crippen molar-refractivity contribution in [2.75, 3.05) is 21.1 Å². The molecule has 0 fully saturated rings. The van der Waals surface area contributed by atoms with Crippen molar-refractivity contribution in [3.05, 3.63) is 51.0 Å². The smallest absolute Gasteiger partial charge is 0.417 e. The summed E-state index contributed by atoms with van der Waals surface area (Å²) in [6.07, 6.45) is -5.66. The second kappa shape index (κ2) is 10.4. The molecule has 1 amide bonds. The Kier molecular flexibility index (Phi) is 7.79. The number of carbonyl (C=O) groups is 3. The van der Waals surface area contributed by atoms with Gasteiger partial charge in [-0.15, -0.1) is 0 Å². The van der Waals surface area contributed by atoms with Crippen molar-refractivity contribution in [2.24, 2.45) is 23.5 Å². The summed E-state index contributed by atoms with van der Waals surface area (Å²) in [5.41, 5.74) is -1.45. The number of aromatic hydroxyl groups is 1. The number of primary amides is 1. The number of Topliss-reactive ketones (excluding diaryl/α,β-unsaturated/α-hetero) is 2. The van der Waals surface area contributed by atoms with E-state index in [1.165, 1.54) is 19.0 Å². The molecular formula is C29H36F3N3O7. The highest BCUT2D eigenvalue weighted by molar-refractivity contribution is 6.24. The third-order valence-electron chi connectivity index (χ3n) is 9.17. The van der Waals surface area contributed by atoms with Crippen LogP contribution in [0.2, 0.25) is 0 Å². The maximum atomic E-state index is 14.7. The zero-order valence-electron chi connectivity index (χ0n) is 24.2. The summed E-state index contributed by atoms with van der Waals surface area (Å²) in [5, 5.41) is 44.7. The number of ketones is 2. The van der Waals surface area contributed by atoms with E-state index in [-0.39, 0.29) is 30.5 Å². The van der Waals surface area contributed by atoms with Crippen molar-refractivity contribution >= 4 is 17.5 Å². The van der Waals surface area contributed by atoms with Crippen LogP contribution in [0.4, 0.5) is 13.2 Å². The molecule has 1 aromatic carbocycles. The van der Waals surface area contributed by atoms with Crippen LogP contribution in [0, 0.1) is 17.8 Å². The molecule has 230 valence electrons. The van der Waals surface area contributed by atoms with Gasteiger partial charge < -0.3 is 26.2 Å². The van der Waals surface area contributed by atoms with Crippen LogP contribution in [0.25, 0.3) is 0 Å². The number of phenolic OH excluding ortho intramolecular Hbond substituents is 1. The third-order valence-corrected chi connectivity index (χ3v) is 9.17. The van der Waals surface area contributed by atoms with E-state index in [1.54, 1.807) is 11.9 Å². The molecule has 3 aliphatic carbocycles. The average molecular weight is 596 g/mol. The van der Waals surface area contributed by atoms with Gasteiger partial charge in [0, 0.05) is 24.1 Å². The van der Waals surface area contributed by atoms with Crippen LogP contribution in [0.5, 0.6) is 5.75 Å². The minimum absolute atomic E-state index is 0.105. The van der Waals surface area contributed by atoms with Gasteiger partial charge in [0.2, 0.25) is 5.78 Å². The van der Waals surface area contributed by atoms with Gasteiger partial charge in [-0.25, -0.2) is 0 Å². The Balaban J connectivity index is 1.94. The van der Waals surface area contributed by atoms with E-state index in [1.807, 2.05) is 20.8 Å². The summed E-state index contributed by atoms with van der Waals surface area (Å²) in [7, 11) is 4.59. The molecule has 13 heteroatoms. The lowest BCUT2D eigenvalue weighted by Crippen LogP contribution is -2.63. The number of fused-ring (bicyclic) bond motifs is 3. The Morgan fingerprint density at radius 3 is 2.24 bits per heavy atom. The van der Waals surface area contributed by atoms with Crippen LogP contribution in [-0.2, 0) is 28.7 Å². The van der Waals surface area contributed by atoms with Crippen LogP contribution < -0.4 is 5.73 Å². The Morgan fingerprint density at radius 1 is 1.14 bits per heavy atom. The molecule has 10 nitrogen and oxygen atoms in total. The normalized spacial score (nSPS) is 27.0. The predicted octanol–water partition coefficient (Wildman–Crippen LogP) is 2.62. The van der Waals surface area contributed by atoms with Gasteiger partial charge in [0.25, 0.3) is 5.91 Å². The van der Waals surface area contributed by atoms with E-state index in [2.05, 4.69) is 0 Å². The quantitative estimate of drug-likeness (QED) is 0.311. The summed E-state index contributed by atoms with van der Waals surface area (Å²) in [6.45, 7) is 5.55. The van der Waals surface area contributed by atoms with E-state index >= 15 is 0 Å². The molecule has 5 atom stereocenters. The largest absolute Gasteiger partial charge is 0.510 e. The summed E-state index contributed by atoms with van der Waals surface area (Å²) in [5.74, 6) is -8.91. The van der Waals surface area contributed by atoms with Crippen molar-refractivity contribution in [3.8, 4) is 5.75 Å². The van der Waals surface area contributed by atoms with Crippen molar-refractivity contribution in [1.29, 1.82) is 0 Å². The number of nitrogens with zero attached hydrogens (tertiary/aromatic N) is 2. The number of aliphatic hydroxyl groups excluding tert-OH is 2. The maximum Gasteiger partial charge on any atom is 0.417 e. The Labute approximate surface area is 240 Å². The van der Waals surface area contributed by atoms with Gasteiger partial charge in [-0.1, -0.05) is 13.8 Å². The molecule has 1 aromatic rings. The number of benzene rings is 1. The van der Waals surface area contributed by atoms with Crippen molar-refractivity contribution in [3.63, 3.8) is 0 Å². The standard InChI is InChI=1S/C29H36F3N3O7/c1-11(2)12(3)35(6)10-14-9-17(36)19-15(21(14)29(30,31)32)7-13-8-16-22(34(4)5)24(38)20(27(33)41)26(40)28(16,42)25(39)18(13)23(19)37/h9,11-13,16,22,36,38-39,42H,7-8,10H2,1-6H3,(H2,33,41)/t12-,13+,16+,22+,28+/m1/s1. The zero-order valence-corrected chi connectivity index (χ0v) is 24.2. The van der Waals surface area contributed by atoms with E-state index in [0.29, 0.717) is 0 Å². The van der Waals surface area contributed by atoms with Crippen LogP contribution >= 0.6 is 0 Å². The Morgan fingerprint density at radius 2 is 1.74 bits per heavy atom. The van der Waals surface area contributed by atoms with E-state index in [0.717, 1.165) is 6.07 Å². The zero-order chi connectivity index (χ0) is 31.8. The number of hydrogen-bond donors (Lipinski definition) is 5. The van der Waals surface area contributed by atoms with Crippen LogP contribution in [-0.4, -0.2) is 86.5 Å². The van der Waals surface area contributed by atoms with Gasteiger partial charge in [0.05, 0.1) is 17.2 Å². The highest BCUT2D eigenvalue weighted by Gasteiger charge is 2.63. The number of allylic oxidation sites excluding steroid dienone is 1. The molecule has 6 N–H and O–H groups in total. The molecule has 42 heavy (non-hydrogen) atoms. The minimum Gasteiger partial charge on any atom is -0.510 e. The molecule has 0 radical (unpaired) electrons. The predicted molar refractivity (Wildman–Crippen MR) is 144 cm³/mol. The fraction of sp³-hybridized carbons (Fsp3) is 0.552. The summed E-state index contributed by atoms with van der Waals surface area (Å²) in [4.78, 5) is 42.3. The van der Waals surface area contributed by atoms with Gasteiger partial charge >= 0.3 is 6.18 Å². The number of halogens is 3. The number of amides is 1. The van der Waals surface area contributed by atoms with Gasteiger partial charge in [0.1, 0.15) is 22.8 Å². The first-order chi connectivity index (χ1) is 19.3. The van der Waals surface area contributed by atoms with E-state index < -0.39 is 98.7 Å². The molecule has 0 aromatic heterocycles. The Hall–Kier alpha value is -3.42. The van der Waals surface area contributed by atoms with Crippen LogP contribution in [0.1, 0.15) is 54.2 Å². The van der Waals surface area contributed by atoms with Gasteiger partial charge in [-0.2, -0.15) is 13.2 Å². The SMILES string of the molecule is CC(C)[C@@H](C)N(C)Cc1cc(O)c2c(c1C(F)(F)F)C[C@H]1C[C@H]3[C@H](N(C)C)C(O)=C(C(N)=O)C(=O)[C@@]3(O)C(O)=C1C2=O. The lowest BCUT2D eigenvalue weighted by atomic mass is 9.58. The van der Waals surface area contributed by atoms with E-state index in [4.69, 9.17) is 5.73 Å². The Bertz CT molecular complexity index is 1430. The first kappa shape index (κ1) is 31.5. The van der Waals surface area contributed by atoms with Crippen molar-refractivity contribution in [1.82, 2.24) is 9.80 Å². The van der Waals surface area contributed by atoms with Crippen molar-refractivity contribution in [2.45, 2.75) is 64.0 Å². The maximum absolute atomic E-state index is 14.7. The molecule has 3 aliphatic rings. The molecule has 4 rings (SSSR count). The molecule has 0 heterocycles. The third kappa shape index (κ3) is 4.58. The number of likely N-dealkylation sites (N-methyl/N-ethyl adjacent to an activating group) is 1. The van der Waals surface area contributed by atoms with Gasteiger partial charge in [-0.05, 0) is 69.9 Å². The molecule has 0 bridgehead atoms. The lowest BCUT2D eigenvalue weighted by Gasteiger charge is -2.50. The highest BCUT2D eigenvalue weighted by atomic mass is 19.4. The summed E-state index contributed by atoms with van der Waals surface area (Å²) >= 11 is 0. The molecule has 0 saturated carbocycles. The second-order valence-corrected chi connectivity index (χ2v) is 12.1. The monoisotopic (exact) mass is 595 g/mol. The van der Waals surface area contributed by atoms with Gasteiger partial charge in [0.15, 0.2) is 11.4 Å². The van der Waals surface area contributed by atoms with Gasteiger partial charge in [-0.3, -0.25) is 24.2 Å². The molecule has 0 unspecified atom stereocenters. The molecular weight excluding hydrogens is 559 g/mol. The topological polar surface area (TPSA) is 165 Å². The van der Waals surface area contributed by atoms with Crippen LogP contribution in [0.15, 0.2) is 28.7 Å². The fourth-order valence-corrected chi connectivity index (χ4v) is 6.79. The van der Waals surface area contributed by atoms with Crippen LogP contribution in [0.3, 0.4) is 0 Å². The number of carbonyl (C=O) groups excluding carboxylic acids is 3. The number of phenols is 1. The molecule has 0 aliphatic heterocycles. The number of nitrogens with two attached hydrogens (primary N) is 1. The highest BCUT2D eigenvalue weighted by Crippen LogP contribution is 2.54. The number of alkyl halides is 3. The molecule has 0 spiro atoms. The summed E-state index contributed by atoms with van der Waals surface area (Å²) < 4.78 is 44.0. The first-order valence-electron chi connectivity index (χ1n) is 13.6.